The third-order valence-corrected chi connectivity index (χ3v) is 4.37. The van der Waals surface area contributed by atoms with Crippen LogP contribution in [0.2, 0.25) is 0 Å². The van der Waals surface area contributed by atoms with Crippen molar-refractivity contribution in [1.29, 1.82) is 0 Å². The Morgan fingerprint density at radius 1 is 1.48 bits per heavy atom. The highest BCUT2D eigenvalue weighted by molar-refractivity contribution is 5.68. The molecule has 0 aromatic carbocycles. The summed E-state index contributed by atoms with van der Waals surface area (Å²) in [5.41, 5.74) is 2.47. The summed E-state index contributed by atoms with van der Waals surface area (Å²) in [7, 11) is 0. The van der Waals surface area contributed by atoms with Gasteiger partial charge in [-0.1, -0.05) is 20.8 Å². The molecule has 0 spiro atoms. The number of fused-ring (bicyclic) bond motifs is 1. The number of hydrogen-bond donors (Lipinski definition) is 2. The molecule has 21 heavy (non-hydrogen) atoms. The summed E-state index contributed by atoms with van der Waals surface area (Å²) in [6, 6.07) is 2.14. The lowest BCUT2D eigenvalue weighted by molar-refractivity contribution is 0.253. The smallest absolute Gasteiger partial charge is 0.152 e. The first-order chi connectivity index (χ1) is 10.1. The molecule has 1 saturated heterocycles. The van der Waals surface area contributed by atoms with Crippen molar-refractivity contribution >= 4 is 11.3 Å². The number of nitrogens with zero attached hydrogens (tertiary/aromatic N) is 3. The quantitative estimate of drug-likeness (QED) is 0.907. The van der Waals surface area contributed by atoms with Gasteiger partial charge < -0.3 is 10.6 Å². The van der Waals surface area contributed by atoms with Crippen molar-refractivity contribution in [3.63, 3.8) is 0 Å². The van der Waals surface area contributed by atoms with E-state index in [0.717, 1.165) is 36.7 Å². The van der Waals surface area contributed by atoms with Gasteiger partial charge in [-0.3, -0.25) is 0 Å². The second kappa shape index (κ2) is 5.64. The molecular formula is C16H25N5. The van der Waals surface area contributed by atoms with Gasteiger partial charge in [0.15, 0.2) is 5.82 Å². The fourth-order valence-corrected chi connectivity index (χ4v) is 2.93. The molecule has 3 heterocycles. The zero-order chi connectivity index (χ0) is 14.9. The van der Waals surface area contributed by atoms with Crippen LogP contribution in [0.5, 0.6) is 0 Å². The SMILES string of the molecule is CC(C)c1cc2c(NCC3(C)CCCNC3)nccn2n1. The van der Waals surface area contributed by atoms with Crippen LogP contribution >= 0.6 is 0 Å². The number of nitrogens with one attached hydrogen (secondary N) is 2. The summed E-state index contributed by atoms with van der Waals surface area (Å²) < 4.78 is 1.92. The van der Waals surface area contributed by atoms with E-state index in [1.165, 1.54) is 12.8 Å². The van der Waals surface area contributed by atoms with Crippen LogP contribution in [0, 0.1) is 5.41 Å². The van der Waals surface area contributed by atoms with Gasteiger partial charge in [0.2, 0.25) is 0 Å². The number of rotatable bonds is 4. The van der Waals surface area contributed by atoms with E-state index < -0.39 is 0 Å². The average molecular weight is 287 g/mol. The van der Waals surface area contributed by atoms with Crippen LogP contribution in [0.1, 0.15) is 45.2 Å². The van der Waals surface area contributed by atoms with Crippen molar-refractivity contribution in [3.05, 3.63) is 24.2 Å². The van der Waals surface area contributed by atoms with Gasteiger partial charge in [0.05, 0.1) is 5.69 Å². The fraction of sp³-hybridized carbons (Fsp3) is 0.625. The van der Waals surface area contributed by atoms with Gasteiger partial charge >= 0.3 is 0 Å². The van der Waals surface area contributed by atoms with Crippen LogP contribution in [0.4, 0.5) is 5.82 Å². The first kappa shape index (κ1) is 14.3. The first-order valence-electron chi connectivity index (χ1n) is 7.86. The molecule has 1 fully saturated rings. The summed E-state index contributed by atoms with van der Waals surface area (Å²) in [6.45, 7) is 9.81. The number of aromatic nitrogens is 3. The summed E-state index contributed by atoms with van der Waals surface area (Å²) in [4.78, 5) is 4.50. The molecule has 1 aliphatic heterocycles. The normalized spacial score (nSPS) is 22.9. The van der Waals surface area contributed by atoms with Crippen LogP contribution in [0.15, 0.2) is 18.5 Å². The molecule has 3 rings (SSSR count). The summed E-state index contributed by atoms with van der Waals surface area (Å²) in [5.74, 6) is 1.36. The van der Waals surface area contributed by atoms with E-state index in [9.17, 15) is 0 Å². The highest BCUT2D eigenvalue weighted by Gasteiger charge is 2.26. The van der Waals surface area contributed by atoms with E-state index in [4.69, 9.17) is 0 Å². The molecule has 0 radical (unpaired) electrons. The molecule has 5 heteroatoms. The van der Waals surface area contributed by atoms with Crippen LogP contribution in [-0.2, 0) is 0 Å². The van der Waals surface area contributed by atoms with Gasteiger partial charge in [0.25, 0.3) is 0 Å². The van der Waals surface area contributed by atoms with Gasteiger partial charge in [0, 0.05) is 25.5 Å². The maximum atomic E-state index is 4.61. The van der Waals surface area contributed by atoms with Crippen molar-refractivity contribution in [1.82, 2.24) is 19.9 Å². The Hall–Kier alpha value is -1.62. The van der Waals surface area contributed by atoms with Gasteiger partial charge in [-0.25, -0.2) is 9.50 Å². The minimum Gasteiger partial charge on any atom is -0.368 e. The van der Waals surface area contributed by atoms with E-state index in [-0.39, 0.29) is 0 Å². The second-order valence-electron chi connectivity index (χ2n) is 6.77. The lowest BCUT2D eigenvalue weighted by Crippen LogP contribution is -2.42. The molecule has 1 aliphatic rings. The maximum Gasteiger partial charge on any atom is 0.152 e. The predicted molar refractivity (Wildman–Crippen MR) is 85.8 cm³/mol. The van der Waals surface area contributed by atoms with Crippen LogP contribution in [0.3, 0.4) is 0 Å². The van der Waals surface area contributed by atoms with E-state index in [0.29, 0.717) is 11.3 Å². The van der Waals surface area contributed by atoms with Crippen molar-refractivity contribution in [3.8, 4) is 0 Å². The summed E-state index contributed by atoms with van der Waals surface area (Å²) >= 11 is 0. The number of anilines is 1. The highest BCUT2D eigenvalue weighted by atomic mass is 15.2. The fourth-order valence-electron chi connectivity index (χ4n) is 2.93. The minimum absolute atomic E-state index is 0.299. The van der Waals surface area contributed by atoms with Gasteiger partial charge in [-0.05, 0) is 36.8 Å². The molecule has 0 bridgehead atoms. The number of hydrogen-bond acceptors (Lipinski definition) is 4. The minimum atomic E-state index is 0.299. The van der Waals surface area contributed by atoms with Crippen LogP contribution in [-0.4, -0.2) is 34.2 Å². The van der Waals surface area contributed by atoms with Gasteiger partial charge in [0.1, 0.15) is 5.52 Å². The third kappa shape index (κ3) is 3.02. The van der Waals surface area contributed by atoms with Crippen molar-refractivity contribution in [2.45, 2.75) is 39.5 Å². The first-order valence-corrected chi connectivity index (χ1v) is 7.86. The Bertz CT molecular complexity index is 610. The van der Waals surface area contributed by atoms with E-state index >= 15 is 0 Å². The molecule has 0 saturated carbocycles. The lowest BCUT2D eigenvalue weighted by atomic mass is 9.83. The monoisotopic (exact) mass is 287 g/mol. The zero-order valence-corrected chi connectivity index (χ0v) is 13.2. The topological polar surface area (TPSA) is 54.2 Å². The molecule has 2 N–H and O–H groups in total. The highest BCUT2D eigenvalue weighted by Crippen LogP contribution is 2.27. The van der Waals surface area contributed by atoms with Gasteiger partial charge in [-0.2, -0.15) is 5.10 Å². The molecule has 114 valence electrons. The van der Waals surface area contributed by atoms with Crippen LogP contribution < -0.4 is 10.6 Å². The Kier molecular flexibility index (Phi) is 3.85. The standard InChI is InChI=1S/C16H25N5/c1-12(2)13-9-14-15(18-7-8-21(14)20-13)19-11-16(3)5-4-6-17-10-16/h7-9,12,17H,4-6,10-11H2,1-3H3,(H,18,19). The van der Waals surface area contributed by atoms with Crippen LogP contribution in [0.25, 0.3) is 5.52 Å². The predicted octanol–water partition coefficient (Wildman–Crippen LogP) is 2.65. The molecule has 2 aromatic rings. The molecule has 0 aliphatic carbocycles. The lowest BCUT2D eigenvalue weighted by Gasteiger charge is -2.34. The molecule has 2 aromatic heterocycles. The molecule has 5 nitrogen and oxygen atoms in total. The van der Waals surface area contributed by atoms with Crippen molar-refractivity contribution in [2.24, 2.45) is 5.41 Å². The van der Waals surface area contributed by atoms with E-state index in [1.54, 1.807) is 0 Å². The summed E-state index contributed by atoms with van der Waals surface area (Å²) in [6.07, 6.45) is 6.23. The largest absolute Gasteiger partial charge is 0.368 e. The average Bonchev–Trinajstić information content (AvgIpc) is 2.91. The van der Waals surface area contributed by atoms with Crippen molar-refractivity contribution < 1.29 is 0 Å². The van der Waals surface area contributed by atoms with E-state index in [2.05, 4.69) is 47.6 Å². The second-order valence-corrected chi connectivity index (χ2v) is 6.77. The van der Waals surface area contributed by atoms with Gasteiger partial charge in [-0.15, -0.1) is 0 Å². The Morgan fingerprint density at radius 2 is 2.33 bits per heavy atom. The Balaban J connectivity index is 1.80. The van der Waals surface area contributed by atoms with E-state index in [1.807, 2.05) is 16.9 Å². The molecule has 1 unspecified atom stereocenters. The maximum absolute atomic E-state index is 4.61. The zero-order valence-electron chi connectivity index (χ0n) is 13.2. The molecule has 1 atom stereocenters. The third-order valence-electron chi connectivity index (χ3n) is 4.37. The Labute approximate surface area is 126 Å². The molecule has 0 amide bonds. The molecular weight excluding hydrogens is 262 g/mol. The van der Waals surface area contributed by atoms with Crippen molar-refractivity contribution in [2.75, 3.05) is 25.0 Å². The summed E-state index contributed by atoms with van der Waals surface area (Å²) in [5, 5.41) is 11.6. The Morgan fingerprint density at radius 3 is 3.05 bits per heavy atom. The number of piperidine rings is 1.